The van der Waals surface area contributed by atoms with Crippen LogP contribution in [0.5, 0.6) is 11.6 Å². The van der Waals surface area contributed by atoms with Crippen LogP contribution >= 0.6 is 11.9 Å². The maximum absolute atomic E-state index is 8.84. The first-order valence-electron chi connectivity index (χ1n) is 5.55. The lowest BCUT2D eigenvalue weighted by atomic mass is 10.2. The van der Waals surface area contributed by atoms with E-state index < -0.39 is 0 Å². The number of hydrogen-bond acceptors (Lipinski definition) is 6. The van der Waals surface area contributed by atoms with Gasteiger partial charge in [-0.05, 0) is 24.6 Å². The topological polar surface area (TPSA) is 84.8 Å². The number of rotatable bonds is 4. The Hall–Kier alpha value is -2.10. The number of nitrogens with zero attached hydrogens (tertiary/aromatic N) is 3. The van der Waals surface area contributed by atoms with E-state index in [1.165, 1.54) is 18.0 Å². The molecule has 2 rings (SSSR count). The molecule has 0 saturated heterocycles. The van der Waals surface area contributed by atoms with Crippen LogP contribution in [-0.4, -0.2) is 9.97 Å². The number of hydrogen-bond donors (Lipinski definition) is 1. The molecule has 0 saturated carbocycles. The largest absolute Gasteiger partial charge is 0.439 e. The first-order valence-corrected chi connectivity index (χ1v) is 6.60. The van der Waals surface area contributed by atoms with Gasteiger partial charge in [0.15, 0.2) is 0 Å². The Bertz CT molecular complexity index is 607. The molecule has 6 heteroatoms. The monoisotopic (exact) mass is 272 g/mol. The third-order valence-corrected chi connectivity index (χ3v) is 2.82. The van der Waals surface area contributed by atoms with Crippen molar-refractivity contribution in [2.24, 2.45) is 5.14 Å². The highest BCUT2D eigenvalue weighted by atomic mass is 32.2. The standard InChI is InChI=1S/C13H12N4OS/c1-9-16-11(7-14)6-13(17-9)18-12-4-2-10(3-5-12)8-19-15/h2-6H,8,15H2,1H3. The van der Waals surface area contributed by atoms with Gasteiger partial charge in [0.05, 0.1) is 0 Å². The van der Waals surface area contributed by atoms with E-state index in [0.717, 1.165) is 11.3 Å². The molecule has 0 fully saturated rings. The lowest BCUT2D eigenvalue weighted by Crippen LogP contribution is -1.95. The van der Waals surface area contributed by atoms with Gasteiger partial charge in [-0.1, -0.05) is 24.1 Å². The summed E-state index contributed by atoms with van der Waals surface area (Å²) in [6, 6.07) is 11.0. The van der Waals surface area contributed by atoms with E-state index in [1.807, 2.05) is 30.3 Å². The maximum atomic E-state index is 8.84. The molecule has 5 nitrogen and oxygen atoms in total. The number of nitriles is 1. The molecule has 0 aliphatic heterocycles. The van der Waals surface area contributed by atoms with Crippen molar-refractivity contribution in [3.63, 3.8) is 0 Å². The zero-order valence-electron chi connectivity index (χ0n) is 10.3. The quantitative estimate of drug-likeness (QED) is 0.861. The molecule has 0 aliphatic carbocycles. The van der Waals surface area contributed by atoms with Crippen molar-refractivity contribution in [2.45, 2.75) is 12.7 Å². The molecule has 0 atom stereocenters. The summed E-state index contributed by atoms with van der Waals surface area (Å²) in [5.41, 5.74) is 1.41. The number of nitrogens with two attached hydrogens (primary N) is 1. The van der Waals surface area contributed by atoms with Crippen molar-refractivity contribution >= 4 is 11.9 Å². The molecule has 0 radical (unpaired) electrons. The van der Waals surface area contributed by atoms with E-state index in [1.54, 1.807) is 6.92 Å². The maximum Gasteiger partial charge on any atom is 0.223 e. The normalized spacial score (nSPS) is 9.95. The minimum Gasteiger partial charge on any atom is -0.439 e. The van der Waals surface area contributed by atoms with Crippen molar-refractivity contribution in [1.82, 2.24) is 9.97 Å². The van der Waals surface area contributed by atoms with Crippen LogP contribution in [0.2, 0.25) is 0 Å². The minimum atomic E-state index is 0.290. The molecule has 0 bridgehead atoms. The molecule has 19 heavy (non-hydrogen) atoms. The Morgan fingerprint density at radius 2 is 2.05 bits per heavy atom. The summed E-state index contributed by atoms with van der Waals surface area (Å²) >= 11 is 1.27. The van der Waals surface area contributed by atoms with Crippen LogP contribution in [0.15, 0.2) is 30.3 Å². The summed E-state index contributed by atoms with van der Waals surface area (Å²) in [5, 5.41) is 14.2. The Morgan fingerprint density at radius 1 is 1.32 bits per heavy atom. The van der Waals surface area contributed by atoms with Crippen molar-refractivity contribution in [1.29, 1.82) is 5.26 Å². The highest BCUT2D eigenvalue weighted by molar-refractivity contribution is 7.96. The third kappa shape index (κ3) is 3.68. The second-order valence-electron chi connectivity index (χ2n) is 3.81. The fraction of sp³-hybridized carbons (Fsp3) is 0.154. The van der Waals surface area contributed by atoms with E-state index in [9.17, 15) is 0 Å². The predicted molar refractivity (Wildman–Crippen MR) is 73.5 cm³/mol. The summed E-state index contributed by atoms with van der Waals surface area (Å²) in [6.45, 7) is 1.72. The van der Waals surface area contributed by atoms with E-state index in [-0.39, 0.29) is 0 Å². The number of benzene rings is 1. The molecule has 0 unspecified atom stereocenters. The van der Waals surface area contributed by atoms with E-state index in [2.05, 4.69) is 9.97 Å². The lowest BCUT2D eigenvalue weighted by Gasteiger charge is -2.06. The number of aryl methyl sites for hydroxylation is 1. The molecule has 2 aromatic rings. The SMILES string of the molecule is Cc1nc(C#N)cc(Oc2ccc(CSN)cc2)n1. The molecule has 0 aliphatic rings. The second kappa shape index (κ2) is 6.18. The minimum absolute atomic E-state index is 0.290. The average Bonchev–Trinajstić information content (AvgIpc) is 2.40. The lowest BCUT2D eigenvalue weighted by molar-refractivity contribution is 0.459. The Morgan fingerprint density at radius 3 is 2.68 bits per heavy atom. The molecular weight excluding hydrogens is 260 g/mol. The van der Waals surface area contributed by atoms with Crippen LogP contribution in [0, 0.1) is 18.3 Å². The summed E-state index contributed by atoms with van der Waals surface area (Å²) < 4.78 is 5.59. The highest BCUT2D eigenvalue weighted by Crippen LogP contribution is 2.21. The van der Waals surface area contributed by atoms with Crippen LogP contribution < -0.4 is 9.88 Å². The molecular formula is C13H12N4OS. The van der Waals surface area contributed by atoms with Gasteiger partial charge in [-0.2, -0.15) is 10.2 Å². The Balaban J connectivity index is 2.17. The van der Waals surface area contributed by atoms with Gasteiger partial charge >= 0.3 is 0 Å². The molecule has 1 aromatic heterocycles. The van der Waals surface area contributed by atoms with E-state index in [4.69, 9.17) is 15.1 Å². The fourth-order valence-corrected chi connectivity index (χ4v) is 1.91. The van der Waals surface area contributed by atoms with Gasteiger partial charge in [-0.3, -0.25) is 5.14 Å². The van der Waals surface area contributed by atoms with Gasteiger partial charge < -0.3 is 4.74 Å². The van der Waals surface area contributed by atoms with Crippen molar-refractivity contribution < 1.29 is 4.74 Å². The van der Waals surface area contributed by atoms with Gasteiger partial charge in [0.2, 0.25) is 5.88 Å². The van der Waals surface area contributed by atoms with Crippen molar-refractivity contribution in [2.75, 3.05) is 0 Å². The highest BCUT2D eigenvalue weighted by Gasteiger charge is 2.04. The Kier molecular flexibility index (Phi) is 4.34. The zero-order chi connectivity index (χ0) is 13.7. The second-order valence-corrected chi connectivity index (χ2v) is 4.43. The fourth-order valence-electron chi connectivity index (χ4n) is 1.52. The third-order valence-electron chi connectivity index (χ3n) is 2.32. The van der Waals surface area contributed by atoms with Crippen molar-refractivity contribution in [3.8, 4) is 17.7 Å². The van der Waals surface area contributed by atoms with Gasteiger partial charge in [-0.15, -0.1) is 0 Å². The van der Waals surface area contributed by atoms with E-state index >= 15 is 0 Å². The van der Waals surface area contributed by atoms with Gasteiger partial charge in [0.25, 0.3) is 0 Å². The van der Waals surface area contributed by atoms with Crippen molar-refractivity contribution in [3.05, 3.63) is 47.4 Å². The summed E-state index contributed by atoms with van der Waals surface area (Å²) in [5.74, 6) is 2.29. The average molecular weight is 272 g/mol. The van der Waals surface area contributed by atoms with Gasteiger partial charge in [-0.25, -0.2) is 4.98 Å². The van der Waals surface area contributed by atoms with Crippen LogP contribution in [0.25, 0.3) is 0 Å². The van der Waals surface area contributed by atoms with Gasteiger partial charge in [0.1, 0.15) is 23.3 Å². The molecule has 0 spiro atoms. The zero-order valence-corrected chi connectivity index (χ0v) is 11.1. The molecule has 1 aromatic carbocycles. The van der Waals surface area contributed by atoms with E-state index in [0.29, 0.717) is 23.1 Å². The first kappa shape index (κ1) is 13.3. The van der Waals surface area contributed by atoms with Crippen LogP contribution in [0.1, 0.15) is 17.1 Å². The Labute approximate surface area is 115 Å². The van der Waals surface area contributed by atoms with Crippen LogP contribution in [0.4, 0.5) is 0 Å². The molecule has 1 heterocycles. The summed E-state index contributed by atoms with van der Waals surface area (Å²) in [7, 11) is 0. The first-order chi connectivity index (χ1) is 9.21. The summed E-state index contributed by atoms with van der Waals surface area (Å²) in [6.07, 6.45) is 0. The van der Waals surface area contributed by atoms with Crippen LogP contribution in [0.3, 0.4) is 0 Å². The van der Waals surface area contributed by atoms with Crippen LogP contribution in [-0.2, 0) is 5.75 Å². The van der Waals surface area contributed by atoms with Gasteiger partial charge in [0, 0.05) is 11.8 Å². The predicted octanol–water partition coefficient (Wildman–Crippen LogP) is 2.56. The molecule has 2 N–H and O–H groups in total. The number of aromatic nitrogens is 2. The molecule has 0 amide bonds. The smallest absolute Gasteiger partial charge is 0.223 e. The molecule has 96 valence electrons. The summed E-state index contributed by atoms with van der Waals surface area (Å²) in [4.78, 5) is 8.09. The number of ether oxygens (including phenoxy) is 1.